The maximum absolute atomic E-state index is 10.0. The molecule has 1 aliphatic heterocycles. The largest absolute Gasteiger partial charge is 0.388 e. The number of nitrogens with zero attached hydrogens (tertiary/aromatic N) is 2. The lowest BCUT2D eigenvalue weighted by atomic mass is 9.95. The van der Waals surface area contributed by atoms with E-state index in [0.29, 0.717) is 6.54 Å². The van der Waals surface area contributed by atoms with Crippen molar-refractivity contribution in [2.24, 2.45) is 0 Å². The fourth-order valence-electron chi connectivity index (χ4n) is 2.05. The van der Waals surface area contributed by atoms with Gasteiger partial charge in [-0.15, -0.1) is 0 Å². The van der Waals surface area contributed by atoms with Crippen molar-refractivity contribution in [3.8, 4) is 0 Å². The molecule has 1 atom stereocenters. The highest BCUT2D eigenvalue weighted by atomic mass is 79.9. The Balaban J connectivity index is 2.21. The van der Waals surface area contributed by atoms with E-state index in [9.17, 15) is 5.11 Å². The van der Waals surface area contributed by atoms with Crippen molar-refractivity contribution >= 4 is 21.6 Å². The van der Waals surface area contributed by atoms with Crippen molar-refractivity contribution in [2.75, 3.05) is 18.0 Å². The summed E-state index contributed by atoms with van der Waals surface area (Å²) in [6.45, 7) is 3.59. The molecule has 0 saturated carbocycles. The van der Waals surface area contributed by atoms with Crippen LogP contribution in [-0.2, 0) is 0 Å². The standard InChI is InChI=1S/C11H15BrN2O/c1-11(15)4-2-6-14(8-11)10-3-5-13-7-9(10)12/h3,5,7,15H,2,4,6,8H2,1H3. The molecule has 1 saturated heterocycles. The van der Waals surface area contributed by atoms with Gasteiger partial charge < -0.3 is 10.0 Å². The normalized spacial score (nSPS) is 26.7. The van der Waals surface area contributed by atoms with Crippen LogP contribution in [0.15, 0.2) is 22.9 Å². The van der Waals surface area contributed by atoms with Crippen molar-refractivity contribution in [3.63, 3.8) is 0 Å². The number of hydrogen-bond donors (Lipinski definition) is 1. The van der Waals surface area contributed by atoms with Gasteiger partial charge >= 0.3 is 0 Å². The molecule has 0 amide bonds. The first-order valence-electron chi connectivity index (χ1n) is 5.15. The molecule has 0 radical (unpaired) electrons. The summed E-state index contributed by atoms with van der Waals surface area (Å²) >= 11 is 3.48. The predicted molar refractivity (Wildman–Crippen MR) is 64.0 cm³/mol. The molecular weight excluding hydrogens is 256 g/mol. The second-order valence-electron chi connectivity index (χ2n) is 4.35. The zero-order valence-electron chi connectivity index (χ0n) is 8.78. The second-order valence-corrected chi connectivity index (χ2v) is 5.20. The highest BCUT2D eigenvalue weighted by molar-refractivity contribution is 9.10. The number of aromatic nitrogens is 1. The molecule has 1 fully saturated rings. The first-order valence-corrected chi connectivity index (χ1v) is 5.95. The molecule has 1 N–H and O–H groups in total. The Kier molecular flexibility index (Phi) is 2.98. The van der Waals surface area contributed by atoms with E-state index in [1.54, 1.807) is 12.4 Å². The van der Waals surface area contributed by atoms with Crippen LogP contribution in [-0.4, -0.2) is 28.8 Å². The van der Waals surface area contributed by atoms with Gasteiger partial charge in [-0.25, -0.2) is 0 Å². The van der Waals surface area contributed by atoms with E-state index in [1.165, 1.54) is 0 Å². The Labute approximate surface area is 98.3 Å². The van der Waals surface area contributed by atoms with Gasteiger partial charge in [-0.2, -0.15) is 0 Å². The summed E-state index contributed by atoms with van der Waals surface area (Å²) in [4.78, 5) is 6.24. The number of piperidine rings is 1. The quantitative estimate of drug-likeness (QED) is 0.850. The maximum Gasteiger partial charge on any atom is 0.0794 e. The first-order chi connectivity index (χ1) is 7.08. The average Bonchev–Trinajstić information content (AvgIpc) is 2.17. The number of anilines is 1. The van der Waals surface area contributed by atoms with Gasteiger partial charge in [0.1, 0.15) is 0 Å². The lowest BCUT2D eigenvalue weighted by Gasteiger charge is -2.38. The van der Waals surface area contributed by atoms with Crippen molar-refractivity contribution in [1.29, 1.82) is 0 Å². The molecule has 2 rings (SSSR count). The van der Waals surface area contributed by atoms with E-state index in [-0.39, 0.29) is 0 Å². The lowest BCUT2D eigenvalue weighted by Crippen LogP contribution is -2.46. The second kappa shape index (κ2) is 4.10. The van der Waals surface area contributed by atoms with Crippen molar-refractivity contribution in [1.82, 2.24) is 4.98 Å². The highest BCUT2D eigenvalue weighted by Gasteiger charge is 2.29. The molecule has 0 bridgehead atoms. The number of pyridine rings is 1. The monoisotopic (exact) mass is 270 g/mol. The van der Waals surface area contributed by atoms with Crippen LogP contribution in [0.4, 0.5) is 5.69 Å². The number of rotatable bonds is 1. The van der Waals surface area contributed by atoms with Gasteiger partial charge in [0.2, 0.25) is 0 Å². The fourth-order valence-corrected chi connectivity index (χ4v) is 2.55. The topological polar surface area (TPSA) is 36.4 Å². The van der Waals surface area contributed by atoms with Crippen LogP contribution in [0.1, 0.15) is 19.8 Å². The fraction of sp³-hybridized carbons (Fsp3) is 0.545. The van der Waals surface area contributed by atoms with E-state index >= 15 is 0 Å². The van der Waals surface area contributed by atoms with Crippen LogP contribution in [0.2, 0.25) is 0 Å². The van der Waals surface area contributed by atoms with Gasteiger partial charge in [0.25, 0.3) is 0 Å². The van der Waals surface area contributed by atoms with Gasteiger partial charge in [0, 0.05) is 25.5 Å². The first kappa shape index (κ1) is 10.9. The summed E-state index contributed by atoms with van der Waals surface area (Å²) in [6.07, 6.45) is 5.48. The molecule has 1 aromatic heterocycles. The Hall–Kier alpha value is -0.610. The molecule has 1 aromatic rings. The smallest absolute Gasteiger partial charge is 0.0794 e. The van der Waals surface area contributed by atoms with Gasteiger partial charge in [-0.1, -0.05) is 0 Å². The number of hydrogen-bond acceptors (Lipinski definition) is 3. The van der Waals surface area contributed by atoms with E-state index in [2.05, 4.69) is 25.8 Å². The summed E-state index contributed by atoms with van der Waals surface area (Å²) in [5, 5.41) is 10.0. The Morgan fingerprint density at radius 1 is 1.60 bits per heavy atom. The molecule has 15 heavy (non-hydrogen) atoms. The Morgan fingerprint density at radius 2 is 2.40 bits per heavy atom. The summed E-state index contributed by atoms with van der Waals surface area (Å²) in [6, 6.07) is 1.98. The zero-order chi connectivity index (χ0) is 10.9. The van der Waals surface area contributed by atoms with Crippen LogP contribution in [0.5, 0.6) is 0 Å². The van der Waals surface area contributed by atoms with E-state index in [1.807, 2.05) is 13.0 Å². The van der Waals surface area contributed by atoms with Crippen molar-refractivity contribution in [3.05, 3.63) is 22.9 Å². The predicted octanol–water partition coefficient (Wildman–Crippen LogP) is 2.20. The minimum atomic E-state index is -0.568. The third kappa shape index (κ3) is 2.49. The Morgan fingerprint density at radius 3 is 3.07 bits per heavy atom. The van der Waals surface area contributed by atoms with Gasteiger partial charge in [-0.05, 0) is 41.8 Å². The van der Waals surface area contributed by atoms with Crippen LogP contribution >= 0.6 is 15.9 Å². The molecule has 3 nitrogen and oxygen atoms in total. The van der Waals surface area contributed by atoms with Gasteiger partial charge in [0.05, 0.1) is 15.8 Å². The van der Waals surface area contributed by atoms with Crippen molar-refractivity contribution in [2.45, 2.75) is 25.4 Å². The molecule has 0 aromatic carbocycles. The molecule has 82 valence electrons. The van der Waals surface area contributed by atoms with Gasteiger partial charge in [0.15, 0.2) is 0 Å². The molecule has 1 aliphatic rings. The van der Waals surface area contributed by atoms with E-state index in [4.69, 9.17) is 0 Å². The molecule has 4 heteroatoms. The van der Waals surface area contributed by atoms with Crippen molar-refractivity contribution < 1.29 is 5.11 Å². The van der Waals surface area contributed by atoms with Gasteiger partial charge in [-0.3, -0.25) is 4.98 Å². The maximum atomic E-state index is 10.0. The summed E-state index contributed by atoms with van der Waals surface area (Å²) in [5.74, 6) is 0. The SMILES string of the molecule is CC1(O)CCCN(c2ccncc2Br)C1. The average molecular weight is 271 g/mol. The third-order valence-corrected chi connectivity index (χ3v) is 3.38. The minimum absolute atomic E-state index is 0.568. The number of halogens is 1. The third-order valence-electron chi connectivity index (χ3n) is 2.77. The molecular formula is C11H15BrN2O. The molecule has 1 unspecified atom stereocenters. The van der Waals surface area contributed by atoms with Crippen LogP contribution in [0.25, 0.3) is 0 Å². The number of aliphatic hydroxyl groups is 1. The number of β-amino-alcohol motifs (C(OH)–C–C–N with tert-alkyl or cyclic N) is 1. The van der Waals surface area contributed by atoms with Crippen LogP contribution in [0.3, 0.4) is 0 Å². The minimum Gasteiger partial charge on any atom is -0.388 e. The van der Waals surface area contributed by atoms with E-state index in [0.717, 1.165) is 29.5 Å². The molecule has 0 aliphatic carbocycles. The molecule has 2 heterocycles. The highest BCUT2D eigenvalue weighted by Crippen LogP contribution is 2.30. The summed E-state index contributed by atoms with van der Waals surface area (Å²) < 4.78 is 0.989. The lowest BCUT2D eigenvalue weighted by molar-refractivity contribution is 0.0449. The summed E-state index contributed by atoms with van der Waals surface area (Å²) in [7, 11) is 0. The van der Waals surface area contributed by atoms with E-state index < -0.39 is 5.60 Å². The summed E-state index contributed by atoms with van der Waals surface area (Å²) in [5.41, 5.74) is 0.547. The zero-order valence-corrected chi connectivity index (χ0v) is 10.4. The molecule has 0 spiro atoms. The Bertz CT molecular complexity index is 354. The van der Waals surface area contributed by atoms with Crippen LogP contribution < -0.4 is 4.90 Å². The van der Waals surface area contributed by atoms with Crippen LogP contribution in [0, 0.1) is 0 Å².